The van der Waals surface area contributed by atoms with E-state index >= 15 is 0 Å². The third-order valence-electron chi connectivity index (χ3n) is 4.76. The summed E-state index contributed by atoms with van der Waals surface area (Å²) in [7, 11) is -3.65. The smallest absolute Gasteiger partial charge is 0.258 e. The summed E-state index contributed by atoms with van der Waals surface area (Å²) >= 11 is 0. The van der Waals surface area contributed by atoms with Crippen molar-refractivity contribution in [3.63, 3.8) is 0 Å². The van der Waals surface area contributed by atoms with E-state index in [9.17, 15) is 18.0 Å². The second-order valence-corrected chi connectivity index (χ2v) is 8.40. The Bertz CT molecular complexity index is 1000. The van der Waals surface area contributed by atoms with Gasteiger partial charge in [-0.2, -0.15) is 0 Å². The summed E-state index contributed by atoms with van der Waals surface area (Å²) in [5.74, 6) is -0.843. The van der Waals surface area contributed by atoms with E-state index in [1.165, 1.54) is 6.07 Å². The van der Waals surface area contributed by atoms with Crippen molar-refractivity contribution in [2.24, 2.45) is 0 Å². The predicted octanol–water partition coefficient (Wildman–Crippen LogP) is 2.35. The number of amides is 2. The quantitative estimate of drug-likeness (QED) is 0.813. The van der Waals surface area contributed by atoms with E-state index in [0.29, 0.717) is 12.1 Å². The number of benzene rings is 2. The average Bonchev–Trinajstić information content (AvgIpc) is 2.93. The minimum atomic E-state index is -3.65. The molecule has 0 saturated carbocycles. The SMILES string of the molecule is O=C(c1cccc(N2C(=O)CCS2(=O)=O)c1)N1CCCc2ccccc21. The Labute approximate surface area is 152 Å². The number of carbonyl (C=O) groups excluding carboxylic acids is 2. The number of para-hydroxylation sites is 1. The molecule has 7 heteroatoms. The number of anilines is 2. The summed E-state index contributed by atoms with van der Waals surface area (Å²) in [5.41, 5.74) is 2.61. The third kappa shape index (κ3) is 2.78. The average molecular weight is 370 g/mol. The first-order chi connectivity index (χ1) is 12.5. The van der Waals surface area contributed by atoms with E-state index in [1.807, 2.05) is 24.3 Å². The summed E-state index contributed by atoms with van der Waals surface area (Å²) < 4.78 is 25.1. The van der Waals surface area contributed by atoms with Crippen LogP contribution in [0.15, 0.2) is 48.5 Å². The van der Waals surface area contributed by atoms with E-state index in [1.54, 1.807) is 23.1 Å². The molecule has 0 bridgehead atoms. The second-order valence-electron chi connectivity index (χ2n) is 6.46. The molecule has 134 valence electrons. The molecule has 1 fully saturated rings. The zero-order valence-electron chi connectivity index (χ0n) is 14.1. The Kier molecular flexibility index (Phi) is 4.03. The molecule has 26 heavy (non-hydrogen) atoms. The highest BCUT2D eigenvalue weighted by molar-refractivity contribution is 7.94. The fraction of sp³-hybridized carbons (Fsp3) is 0.263. The molecule has 4 rings (SSSR count). The summed E-state index contributed by atoms with van der Waals surface area (Å²) in [4.78, 5) is 26.8. The molecular formula is C19H18N2O4S. The monoisotopic (exact) mass is 370 g/mol. The van der Waals surface area contributed by atoms with Gasteiger partial charge in [-0.15, -0.1) is 0 Å². The molecule has 0 spiro atoms. The standard InChI is InChI=1S/C19H18N2O4S/c22-18-10-12-26(24,25)21(18)16-8-3-6-15(13-16)19(23)20-11-4-7-14-5-1-2-9-17(14)20/h1-3,5-6,8-9,13H,4,7,10-12H2. The molecule has 1 saturated heterocycles. The molecule has 0 atom stereocenters. The number of fused-ring (bicyclic) bond motifs is 1. The van der Waals surface area contributed by atoms with Crippen molar-refractivity contribution in [1.82, 2.24) is 0 Å². The zero-order valence-corrected chi connectivity index (χ0v) is 14.9. The fourth-order valence-corrected chi connectivity index (χ4v) is 4.99. The first-order valence-corrected chi connectivity index (χ1v) is 10.1. The van der Waals surface area contributed by atoms with E-state index in [0.717, 1.165) is 28.4 Å². The molecule has 2 aliphatic rings. The molecule has 0 radical (unpaired) electrons. The van der Waals surface area contributed by atoms with E-state index < -0.39 is 15.9 Å². The number of carbonyl (C=O) groups is 2. The minimum Gasteiger partial charge on any atom is -0.308 e. The van der Waals surface area contributed by atoms with Crippen LogP contribution in [0.5, 0.6) is 0 Å². The van der Waals surface area contributed by atoms with Crippen LogP contribution < -0.4 is 9.21 Å². The Morgan fingerprint density at radius 3 is 2.58 bits per heavy atom. The lowest BCUT2D eigenvalue weighted by Crippen LogP contribution is -2.35. The maximum atomic E-state index is 13.0. The Morgan fingerprint density at radius 1 is 1.00 bits per heavy atom. The van der Waals surface area contributed by atoms with Gasteiger partial charge in [-0.05, 0) is 42.7 Å². The minimum absolute atomic E-state index is 0.0278. The summed E-state index contributed by atoms with van der Waals surface area (Å²) in [6, 6.07) is 14.1. The highest BCUT2D eigenvalue weighted by atomic mass is 32.2. The molecule has 2 heterocycles. The van der Waals surface area contributed by atoms with Gasteiger partial charge in [0, 0.05) is 24.2 Å². The lowest BCUT2D eigenvalue weighted by molar-refractivity contribution is -0.116. The van der Waals surface area contributed by atoms with Gasteiger partial charge < -0.3 is 4.90 Å². The molecule has 2 amide bonds. The van der Waals surface area contributed by atoms with Gasteiger partial charge in [0.2, 0.25) is 15.9 Å². The van der Waals surface area contributed by atoms with Crippen molar-refractivity contribution in [1.29, 1.82) is 0 Å². The highest BCUT2D eigenvalue weighted by Gasteiger charge is 2.36. The maximum absolute atomic E-state index is 13.0. The van der Waals surface area contributed by atoms with Crippen molar-refractivity contribution in [2.45, 2.75) is 19.3 Å². The van der Waals surface area contributed by atoms with Crippen LogP contribution in [0.2, 0.25) is 0 Å². The maximum Gasteiger partial charge on any atom is 0.258 e. The van der Waals surface area contributed by atoms with Crippen molar-refractivity contribution in [3.05, 3.63) is 59.7 Å². The van der Waals surface area contributed by atoms with Gasteiger partial charge >= 0.3 is 0 Å². The number of sulfonamides is 1. The van der Waals surface area contributed by atoms with E-state index in [2.05, 4.69) is 0 Å². The van der Waals surface area contributed by atoms with Gasteiger partial charge in [0.15, 0.2) is 0 Å². The molecule has 0 N–H and O–H groups in total. The number of aryl methyl sites for hydroxylation is 1. The number of nitrogens with zero attached hydrogens (tertiary/aromatic N) is 2. The van der Waals surface area contributed by atoms with Crippen LogP contribution >= 0.6 is 0 Å². The van der Waals surface area contributed by atoms with Gasteiger partial charge in [-0.3, -0.25) is 9.59 Å². The van der Waals surface area contributed by atoms with Gasteiger partial charge in [-0.25, -0.2) is 12.7 Å². The van der Waals surface area contributed by atoms with Crippen LogP contribution in [0.3, 0.4) is 0 Å². The van der Waals surface area contributed by atoms with Crippen molar-refractivity contribution in [2.75, 3.05) is 21.5 Å². The van der Waals surface area contributed by atoms with E-state index in [-0.39, 0.29) is 23.8 Å². The Morgan fingerprint density at radius 2 is 1.81 bits per heavy atom. The first kappa shape index (κ1) is 16.8. The first-order valence-electron chi connectivity index (χ1n) is 8.53. The molecule has 2 aromatic rings. The van der Waals surface area contributed by atoms with Crippen molar-refractivity contribution >= 4 is 33.2 Å². The van der Waals surface area contributed by atoms with Gasteiger partial charge in [-0.1, -0.05) is 24.3 Å². The zero-order chi connectivity index (χ0) is 18.3. The highest BCUT2D eigenvalue weighted by Crippen LogP contribution is 2.30. The molecular weight excluding hydrogens is 352 g/mol. The molecule has 6 nitrogen and oxygen atoms in total. The topological polar surface area (TPSA) is 74.8 Å². The van der Waals surface area contributed by atoms with Crippen molar-refractivity contribution in [3.8, 4) is 0 Å². The van der Waals surface area contributed by atoms with Crippen LogP contribution in [0, 0.1) is 0 Å². The number of rotatable bonds is 2. The largest absolute Gasteiger partial charge is 0.308 e. The Hall–Kier alpha value is -2.67. The summed E-state index contributed by atoms with van der Waals surface area (Å²) in [6.07, 6.45) is 1.78. The van der Waals surface area contributed by atoms with Crippen LogP contribution in [0.1, 0.15) is 28.8 Å². The van der Waals surface area contributed by atoms with Gasteiger partial charge in [0.25, 0.3) is 5.91 Å². The lowest BCUT2D eigenvalue weighted by atomic mass is 10.0. The van der Waals surface area contributed by atoms with Crippen LogP contribution in [0.4, 0.5) is 11.4 Å². The molecule has 2 aromatic carbocycles. The normalized spacial score (nSPS) is 18.7. The van der Waals surface area contributed by atoms with E-state index in [4.69, 9.17) is 0 Å². The van der Waals surface area contributed by atoms with Crippen LogP contribution in [-0.4, -0.2) is 32.5 Å². The molecule has 2 aliphatic heterocycles. The number of hydrogen-bond donors (Lipinski definition) is 0. The summed E-state index contributed by atoms with van der Waals surface area (Å²) in [5, 5.41) is 0. The predicted molar refractivity (Wildman–Crippen MR) is 98.8 cm³/mol. The third-order valence-corrected chi connectivity index (χ3v) is 6.45. The molecule has 0 aliphatic carbocycles. The summed E-state index contributed by atoms with van der Waals surface area (Å²) in [6.45, 7) is 0.612. The lowest BCUT2D eigenvalue weighted by Gasteiger charge is -2.29. The Balaban J connectivity index is 1.70. The van der Waals surface area contributed by atoms with Gasteiger partial charge in [0.05, 0.1) is 11.4 Å². The second kappa shape index (κ2) is 6.25. The van der Waals surface area contributed by atoms with Crippen LogP contribution in [-0.2, 0) is 21.2 Å². The fourth-order valence-electron chi connectivity index (χ4n) is 3.53. The van der Waals surface area contributed by atoms with Crippen molar-refractivity contribution < 1.29 is 18.0 Å². The molecule has 0 aromatic heterocycles. The van der Waals surface area contributed by atoms with Gasteiger partial charge in [0.1, 0.15) is 0 Å². The number of hydrogen-bond acceptors (Lipinski definition) is 4. The molecule has 0 unspecified atom stereocenters. The van der Waals surface area contributed by atoms with Crippen LogP contribution in [0.25, 0.3) is 0 Å².